The molecule has 0 bridgehead atoms. The van der Waals surface area contributed by atoms with Crippen molar-refractivity contribution in [2.24, 2.45) is 0 Å². The third kappa shape index (κ3) is 3.92. The van der Waals surface area contributed by atoms with Crippen LogP contribution < -0.4 is 10.2 Å². The minimum Gasteiger partial charge on any atom is -0.360 e. The predicted octanol–water partition coefficient (Wildman–Crippen LogP) is 3.39. The molecule has 0 unspecified atom stereocenters. The van der Waals surface area contributed by atoms with Crippen molar-refractivity contribution in [3.05, 3.63) is 66.0 Å². The lowest BCUT2D eigenvalue weighted by molar-refractivity contribution is 0.102. The van der Waals surface area contributed by atoms with Gasteiger partial charge in [0.05, 0.1) is 16.9 Å². The van der Waals surface area contributed by atoms with Crippen LogP contribution in [0.5, 0.6) is 0 Å². The maximum atomic E-state index is 12.7. The zero-order chi connectivity index (χ0) is 19.5. The Kier molecular flexibility index (Phi) is 5.12. The van der Waals surface area contributed by atoms with Gasteiger partial charge in [-0.05, 0) is 37.7 Å². The fraction of sp³-hybridized carbons (Fsp3) is 0.273. The Balaban J connectivity index is 1.45. The van der Waals surface area contributed by atoms with E-state index in [1.807, 2.05) is 55.5 Å². The number of aromatic nitrogens is 2. The Labute approximate surface area is 165 Å². The summed E-state index contributed by atoms with van der Waals surface area (Å²) < 4.78 is 0. The number of carbonyl (C=O) groups is 1. The molecule has 0 atom stereocenters. The number of carbonyl (C=O) groups excluding carboxylic acids is 1. The molecule has 1 aliphatic heterocycles. The van der Waals surface area contributed by atoms with Gasteiger partial charge in [0.1, 0.15) is 5.82 Å². The SMILES string of the molecule is Cc1nc(N2CCN(C)CC2)ccc1NC(=O)c1c[nH]c(-c2ccccc2)c1. The topological polar surface area (TPSA) is 64.3 Å². The molecule has 28 heavy (non-hydrogen) atoms. The van der Waals surface area contributed by atoms with Crippen LogP contribution in [0.25, 0.3) is 11.3 Å². The first-order chi connectivity index (χ1) is 13.6. The monoisotopic (exact) mass is 375 g/mol. The minimum absolute atomic E-state index is 0.143. The number of anilines is 2. The van der Waals surface area contributed by atoms with Gasteiger partial charge in [-0.25, -0.2) is 4.98 Å². The van der Waals surface area contributed by atoms with Crippen LogP contribution in [0.4, 0.5) is 11.5 Å². The summed E-state index contributed by atoms with van der Waals surface area (Å²) in [5.74, 6) is 0.826. The van der Waals surface area contributed by atoms with Gasteiger partial charge >= 0.3 is 0 Å². The third-order valence-electron chi connectivity index (χ3n) is 5.18. The second-order valence-corrected chi connectivity index (χ2v) is 7.21. The molecule has 1 saturated heterocycles. The molecule has 144 valence electrons. The first-order valence-corrected chi connectivity index (χ1v) is 9.56. The van der Waals surface area contributed by atoms with Crippen LogP contribution in [0.15, 0.2) is 54.7 Å². The van der Waals surface area contributed by atoms with Gasteiger partial charge in [-0.3, -0.25) is 4.79 Å². The van der Waals surface area contributed by atoms with Crippen molar-refractivity contribution in [1.82, 2.24) is 14.9 Å². The van der Waals surface area contributed by atoms with Gasteiger partial charge in [-0.1, -0.05) is 30.3 Å². The molecular weight excluding hydrogens is 350 g/mol. The first kappa shape index (κ1) is 18.3. The lowest BCUT2D eigenvalue weighted by atomic mass is 10.1. The number of benzene rings is 1. The molecule has 2 aromatic heterocycles. The molecular formula is C22H25N5O. The second kappa shape index (κ2) is 7.86. The van der Waals surface area contributed by atoms with E-state index in [0.717, 1.165) is 54.6 Å². The van der Waals surface area contributed by atoms with Crippen molar-refractivity contribution in [2.75, 3.05) is 43.4 Å². The molecule has 0 aliphatic carbocycles. The second-order valence-electron chi connectivity index (χ2n) is 7.21. The molecule has 6 nitrogen and oxygen atoms in total. The predicted molar refractivity (Wildman–Crippen MR) is 113 cm³/mol. The minimum atomic E-state index is -0.143. The molecule has 3 heterocycles. The molecule has 0 spiro atoms. The van der Waals surface area contributed by atoms with E-state index in [4.69, 9.17) is 4.98 Å². The summed E-state index contributed by atoms with van der Waals surface area (Å²) in [7, 11) is 2.14. The average molecular weight is 375 g/mol. The van der Waals surface area contributed by atoms with Gasteiger partial charge in [-0.15, -0.1) is 0 Å². The molecule has 2 N–H and O–H groups in total. The number of likely N-dealkylation sites (N-methyl/N-ethyl adjacent to an activating group) is 1. The fourth-order valence-corrected chi connectivity index (χ4v) is 3.40. The van der Waals surface area contributed by atoms with E-state index >= 15 is 0 Å². The molecule has 1 fully saturated rings. The number of nitrogens with one attached hydrogen (secondary N) is 2. The smallest absolute Gasteiger partial charge is 0.257 e. The van der Waals surface area contributed by atoms with Crippen molar-refractivity contribution in [3.8, 4) is 11.3 Å². The Morgan fingerprint density at radius 1 is 1.07 bits per heavy atom. The van der Waals surface area contributed by atoms with E-state index in [9.17, 15) is 4.79 Å². The number of piperazine rings is 1. The first-order valence-electron chi connectivity index (χ1n) is 9.56. The molecule has 1 aromatic carbocycles. The normalized spacial score (nSPS) is 14.9. The van der Waals surface area contributed by atoms with Crippen LogP contribution >= 0.6 is 0 Å². The highest BCUT2D eigenvalue weighted by molar-refractivity contribution is 6.05. The van der Waals surface area contributed by atoms with Crippen LogP contribution in [0.2, 0.25) is 0 Å². The maximum absolute atomic E-state index is 12.7. The summed E-state index contributed by atoms with van der Waals surface area (Å²) in [5, 5.41) is 2.98. The van der Waals surface area contributed by atoms with Gasteiger partial charge in [0.15, 0.2) is 0 Å². The highest BCUT2D eigenvalue weighted by atomic mass is 16.1. The van der Waals surface area contributed by atoms with E-state index in [-0.39, 0.29) is 5.91 Å². The van der Waals surface area contributed by atoms with Crippen LogP contribution in [0.3, 0.4) is 0 Å². The van der Waals surface area contributed by atoms with Gasteiger partial charge in [-0.2, -0.15) is 0 Å². The number of hydrogen-bond donors (Lipinski definition) is 2. The van der Waals surface area contributed by atoms with Gasteiger partial charge in [0.2, 0.25) is 0 Å². The largest absolute Gasteiger partial charge is 0.360 e. The molecule has 1 amide bonds. The quantitative estimate of drug-likeness (QED) is 0.734. The van der Waals surface area contributed by atoms with Crippen LogP contribution in [-0.2, 0) is 0 Å². The number of pyridine rings is 1. The Hall–Kier alpha value is -3.12. The van der Waals surface area contributed by atoms with Crippen LogP contribution in [0, 0.1) is 6.92 Å². The lowest BCUT2D eigenvalue weighted by Gasteiger charge is -2.33. The molecule has 3 aromatic rings. The summed E-state index contributed by atoms with van der Waals surface area (Å²) >= 11 is 0. The summed E-state index contributed by atoms with van der Waals surface area (Å²) in [6.07, 6.45) is 1.74. The molecule has 0 saturated carbocycles. The Bertz CT molecular complexity index is 958. The van der Waals surface area contributed by atoms with Crippen LogP contribution in [-0.4, -0.2) is 54.0 Å². The van der Waals surface area contributed by atoms with Crippen molar-refractivity contribution in [3.63, 3.8) is 0 Å². The number of nitrogens with zero attached hydrogens (tertiary/aromatic N) is 3. The maximum Gasteiger partial charge on any atom is 0.257 e. The van der Waals surface area contributed by atoms with Crippen molar-refractivity contribution < 1.29 is 4.79 Å². The summed E-state index contributed by atoms with van der Waals surface area (Å²) in [6.45, 7) is 5.95. The summed E-state index contributed by atoms with van der Waals surface area (Å²) in [5.41, 5.74) is 4.14. The van der Waals surface area contributed by atoms with E-state index < -0.39 is 0 Å². The van der Waals surface area contributed by atoms with E-state index in [1.165, 1.54) is 0 Å². The number of rotatable bonds is 4. The van der Waals surface area contributed by atoms with Gasteiger partial charge < -0.3 is 20.1 Å². The van der Waals surface area contributed by atoms with Crippen LogP contribution in [0.1, 0.15) is 16.1 Å². The van der Waals surface area contributed by atoms with Crippen molar-refractivity contribution >= 4 is 17.4 Å². The van der Waals surface area contributed by atoms with E-state index in [0.29, 0.717) is 5.56 Å². The zero-order valence-corrected chi connectivity index (χ0v) is 16.3. The third-order valence-corrected chi connectivity index (χ3v) is 5.18. The fourth-order valence-electron chi connectivity index (χ4n) is 3.40. The Morgan fingerprint density at radius 2 is 1.82 bits per heavy atom. The number of amides is 1. The highest BCUT2D eigenvalue weighted by Gasteiger charge is 2.17. The number of hydrogen-bond acceptors (Lipinski definition) is 4. The standard InChI is InChI=1S/C22H25N5O/c1-16-19(8-9-21(24-16)27-12-10-26(2)11-13-27)25-22(28)18-14-20(23-15-18)17-6-4-3-5-7-17/h3-9,14-15,23H,10-13H2,1-2H3,(H,25,28). The Morgan fingerprint density at radius 3 is 2.54 bits per heavy atom. The van der Waals surface area contributed by atoms with Crippen molar-refractivity contribution in [2.45, 2.75) is 6.92 Å². The zero-order valence-electron chi connectivity index (χ0n) is 16.3. The molecule has 1 aliphatic rings. The molecule has 6 heteroatoms. The van der Waals surface area contributed by atoms with E-state index in [1.54, 1.807) is 6.20 Å². The average Bonchev–Trinajstić information content (AvgIpc) is 3.21. The van der Waals surface area contributed by atoms with Gasteiger partial charge in [0.25, 0.3) is 5.91 Å². The summed E-state index contributed by atoms with van der Waals surface area (Å²) in [4.78, 5) is 25.1. The van der Waals surface area contributed by atoms with Gasteiger partial charge in [0, 0.05) is 38.1 Å². The summed E-state index contributed by atoms with van der Waals surface area (Å²) in [6, 6.07) is 15.8. The number of H-pyrrole nitrogens is 1. The highest BCUT2D eigenvalue weighted by Crippen LogP contribution is 2.22. The molecule has 4 rings (SSSR count). The van der Waals surface area contributed by atoms with Crippen molar-refractivity contribution in [1.29, 1.82) is 0 Å². The lowest BCUT2D eigenvalue weighted by Crippen LogP contribution is -2.44. The van der Waals surface area contributed by atoms with E-state index in [2.05, 4.69) is 27.1 Å². The number of aromatic amines is 1. The number of aryl methyl sites for hydroxylation is 1. The molecule has 0 radical (unpaired) electrons.